The molecule has 0 aromatic carbocycles. The zero-order valence-corrected chi connectivity index (χ0v) is 16.4. The third-order valence-corrected chi connectivity index (χ3v) is 4.43. The second kappa shape index (κ2) is 15.9. The molecule has 1 N–H and O–H groups in total. The lowest BCUT2D eigenvalue weighted by Gasteiger charge is -2.32. The number of carbonyl (C=O) groups is 1. The molecular formula is C19H40N2O3. The lowest BCUT2D eigenvalue weighted by molar-refractivity contribution is -0.144. The molecule has 2 rings (SSSR count). The molecule has 144 valence electrons. The summed E-state index contributed by atoms with van der Waals surface area (Å²) in [5, 5.41) is 8.69. The Morgan fingerprint density at radius 1 is 1.08 bits per heavy atom. The van der Waals surface area contributed by atoms with E-state index in [1.807, 2.05) is 20.8 Å². The fraction of sp³-hybridized carbons (Fsp3) is 0.947. The first kappa shape index (κ1) is 23.4. The highest BCUT2D eigenvalue weighted by molar-refractivity contribution is 5.71. The van der Waals surface area contributed by atoms with Crippen LogP contribution in [0.4, 0.5) is 0 Å². The van der Waals surface area contributed by atoms with E-state index in [9.17, 15) is 4.79 Å². The quantitative estimate of drug-likeness (QED) is 0.777. The molecule has 2 saturated heterocycles. The number of hydrogen-bond acceptors (Lipinski definition) is 5. The molecule has 0 amide bonds. The van der Waals surface area contributed by atoms with Crippen LogP contribution in [0, 0.1) is 0 Å². The maximum atomic E-state index is 11.0. The van der Waals surface area contributed by atoms with Gasteiger partial charge in [0.25, 0.3) is 0 Å². The minimum atomic E-state index is -0.0839. The summed E-state index contributed by atoms with van der Waals surface area (Å²) in [7, 11) is 0. The van der Waals surface area contributed by atoms with Gasteiger partial charge < -0.3 is 9.84 Å². The van der Waals surface area contributed by atoms with Gasteiger partial charge in [-0.3, -0.25) is 14.6 Å². The standard InChI is InChI=1S/C9H17NO2.C8H17NO.C2H6/c1-2-12-9(11)8-10-6-4-3-5-7-10;1-8-4-2-3-5-9(8)6-7-10;1-2/h2-8H2,1H3;8,10H,2-7H2,1H3;1-2H3. The summed E-state index contributed by atoms with van der Waals surface area (Å²) < 4.78 is 4.86. The normalized spacial score (nSPS) is 21.8. The van der Waals surface area contributed by atoms with Crippen LogP contribution in [0.3, 0.4) is 0 Å². The van der Waals surface area contributed by atoms with Crippen LogP contribution in [0.2, 0.25) is 0 Å². The van der Waals surface area contributed by atoms with Crippen LogP contribution in [0.1, 0.15) is 66.2 Å². The van der Waals surface area contributed by atoms with Gasteiger partial charge in [-0.05, 0) is 59.2 Å². The topological polar surface area (TPSA) is 53.0 Å². The molecule has 2 fully saturated rings. The Morgan fingerprint density at radius 2 is 1.71 bits per heavy atom. The van der Waals surface area contributed by atoms with Crippen LogP contribution in [0.15, 0.2) is 0 Å². The van der Waals surface area contributed by atoms with Crippen molar-refractivity contribution in [2.45, 2.75) is 72.3 Å². The van der Waals surface area contributed by atoms with Crippen molar-refractivity contribution in [2.24, 2.45) is 0 Å². The van der Waals surface area contributed by atoms with Gasteiger partial charge in [-0.1, -0.05) is 26.7 Å². The molecule has 2 aliphatic heterocycles. The second-order valence-electron chi connectivity index (χ2n) is 6.25. The monoisotopic (exact) mass is 344 g/mol. The lowest BCUT2D eigenvalue weighted by atomic mass is 10.0. The molecule has 0 aromatic rings. The van der Waals surface area contributed by atoms with Crippen LogP contribution in [0.5, 0.6) is 0 Å². The average molecular weight is 345 g/mol. The molecule has 0 spiro atoms. The molecule has 5 heteroatoms. The number of aliphatic hydroxyl groups excluding tert-OH is 1. The van der Waals surface area contributed by atoms with Gasteiger partial charge in [-0.15, -0.1) is 0 Å². The summed E-state index contributed by atoms with van der Waals surface area (Å²) in [5.74, 6) is -0.0839. The highest BCUT2D eigenvalue weighted by Gasteiger charge is 2.16. The number of nitrogens with zero attached hydrogens (tertiary/aromatic N) is 2. The van der Waals surface area contributed by atoms with Gasteiger partial charge in [-0.25, -0.2) is 0 Å². The van der Waals surface area contributed by atoms with Crippen LogP contribution >= 0.6 is 0 Å². The van der Waals surface area contributed by atoms with Gasteiger partial charge in [0, 0.05) is 12.6 Å². The Labute approximate surface area is 149 Å². The van der Waals surface area contributed by atoms with E-state index < -0.39 is 0 Å². The molecule has 0 aliphatic carbocycles. The molecule has 2 aliphatic rings. The maximum Gasteiger partial charge on any atom is 0.320 e. The van der Waals surface area contributed by atoms with E-state index in [2.05, 4.69) is 16.7 Å². The summed E-state index contributed by atoms with van der Waals surface area (Å²) >= 11 is 0. The van der Waals surface area contributed by atoms with Crippen molar-refractivity contribution in [2.75, 3.05) is 45.9 Å². The number of β-amino-alcohol motifs (C(OH)–C–C–N with tert-alkyl or cyclic N) is 1. The summed E-state index contributed by atoms with van der Waals surface area (Å²) in [6.45, 7) is 13.5. The third kappa shape index (κ3) is 11.0. The molecule has 0 bridgehead atoms. The Hall–Kier alpha value is -0.650. The summed E-state index contributed by atoms with van der Waals surface area (Å²) in [6.07, 6.45) is 7.73. The highest BCUT2D eigenvalue weighted by atomic mass is 16.5. The minimum Gasteiger partial charge on any atom is -0.465 e. The van der Waals surface area contributed by atoms with Crippen molar-refractivity contribution in [3.63, 3.8) is 0 Å². The summed E-state index contributed by atoms with van der Waals surface area (Å²) in [6, 6.07) is 0.695. The van der Waals surface area contributed by atoms with Crippen molar-refractivity contribution in [1.82, 2.24) is 9.80 Å². The van der Waals surface area contributed by atoms with Gasteiger partial charge in [0.05, 0.1) is 19.8 Å². The fourth-order valence-corrected chi connectivity index (χ4v) is 3.12. The molecule has 2 heterocycles. The number of piperidine rings is 2. The number of ether oxygens (including phenoxy) is 1. The van der Waals surface area contributed by atoms with E-state index in [1.54, 1.807) is 0 Å². The van der Waals surface area contributed by atoms with Gasteiger partial charge in [0.1, 0.15) is 0 Å². The number of carbonyl (C=O) groups excluding carboxylic acids is 1. The Bertz CT molecular complexity index is 292. The molecule has 0 saturated carbocycles. The maximum absolute atomic E-state index is 11.0. The molecule has 0 radical (unpaired) electrons. The van der Waals surface area contributed by atoms with Gasteiger partial charge >= 0.3 is 5.97 Å². The minimum absolute atomic E-state index is 0.0839. The lowest BCUT2D eigenvalue weighted by Crippen LogP contribution is -2.39. The van der Waals surface area contributed by atoms with E-state index in [1.165, 1.54) is 45.1 Å². The van der Waals surface area contributed by atoms with Crippen LogP contribution in [0.25, 0.3) is 0 Å². The van der Waals surface area contributed by atoms with E-state index in [0.29, 0.717) is 25.8 Å². The van der Waals surface area contributed by atoms with Crippen LogP contribution in [-0.2, 0) is 9.53 Å². The Balaban J connectivity index is 0.000000405. The average Bonchev–Trinajstić information content (AvgIpc) is 2.61. The summed E-state index contributed by atoms with van der Waals surface area (Å²) in [4.78, 5) is 15.6. The highest BCUT2D eigenvalue weighted by Crippen LogP contribution is 2.15. The third-order valence-electron chi connectivity index (χ3n) is 4.43. The first-order valence-corrected chi connectivity index (χ1v) is 9.90. The molecular weight excluding hydrogens is 304 g/mol. The van der Waals surface area contributed by atoms with Crippen LogP contribution in [-0.4, -0.2) is 72.9 Å². The van der Waals surface area contributed by atoms with E-state index in [-0.39, 0.29) is 5.97 Å². The molecule has 1 unspecified atom stereocenters. The van der Waals surface area contributed by atoms with Crippen molar-refractivity contribution in [3.05, 3.63) is 0 Å². The van der Waals surface area contributed by atoms with Crippen molar-refractivity contribution < 1.29 is 14.6 Å². The molecule has 0 aromatic heterocycles. The molecule has 1 atom stereocenters. The smallest absolute Gasteiger partial charge is 0.320 e. The van der Waals surface area contributed by atoms with E-state index >= 15 is 0 Å². The zero-order valence-electron chi connectivity index (χ0n) is 16.4. The predicted molar refractivity (Wildman–Crippen MR) is 100 cm³/mol. The largest absolute Gasteiger partial charge is 0.465 e. The van der Waals surface area contributed by atoms with Gasteiger partial charge in [0.15, 0.2) is 0 Å². The Kier molecular flexibility index (Phi) is 15.4. The second-order valence-corrected chi connectivity index (χ2v) is 6.25. The van der Waals surface area contributed by atoms with Crippen LogP contribution < -0.4 is 0 Å². The number of likely N-dealkylation sites (tertiary alicyclic amines) is 2. The van der Waals surface area contributed by atoms with E-state index in [0.717, 1.165) is 19.6 Å². The van der Waals surface area contributed by atoms with Gasteiger partial charge in [-0.2, -0.15) is 0 Å². The molecule has 24 heavy (non-hydrogen) atoms. The van der Waals surface area contributed by atoms with Crippen molar-refractivity contribution in [1.29, 1.82) is 0 Å². The zero-order chi connectivity index (χ0) is 18.2. The Morgan fingerprint density at radius 3 is 2.25 bits per heavy atom. The van der Waals surface area contributed by atoms with Crippen molar-refractivity contribution >= 4 is 5.97 Å². The number of rotatable bonds is 5. The first-order valence-electron chi connectivity index (χ1n) is 9.90. The molecule has 5 nitrogen and oxygen atoms in total. The number of esters is 1. The predicted octanol–water partition coefficient (Wildman–Crippen LogP) is 2.91. The van der Waals surface area contributed by atoms with Crippen molar-refractivity contribution in [3.8, 4) is 0 Å². The number of aliphatic hydroxyl groups is 1. The first-order chi connectivity index (χ1) is 11.7. The number of hydrogen-bond donors (Lipinski definition) is 1. The van der Waals surface area contributed by atoms with E-state index in [4.69, 9.17) is 9.84 Å². The SMILES string of the molecule is CC.CC1CCCCN1CCO.CCOC(=O)CN1CCCCC1. The fourth-order valence-electron chi connectivity index (χ4n) is 3.12. The van der Waals surface area contributed by atoms with Gasteiger partial charge in [0.2, 0.25) is 0 Å². The summed E-state index contributed by atoms with van der Waals surface area (Å²) in [5.41, 5.74) is 0.